The molecule has 0 unspecified atom stereocenters. The summed E-state index contributed by atoms with van der Waals surface area (Å²) in [5.74, 6) is 0. The number of para-hydroxylation sites is 2. The number of pyridine rings is 3. The van der Waals surface area contributed by atoms with Gasteiger partial charge in [0.2, 0.25) is 0 Å². The Morgan fingerprint density at radius 1 is 0.200 bits per heavy atom. The van der Waals surface area contributed by atoms with Crippen molar-refractivity contribution in [3.63, 3.8) is 0 Å². The molecule has 0 spiro atoms. The van der Waals surface area contributed by atoms with Gasteiger partial charge in [-0.25, -0.2) is 0 Å². The summed E-state index contributed by atoms with van der Waals surface area (Å²) in [6, 6.07) is 111. The van der Waals surface area contributed by atoms with Crippen molar-refractivity contribution >= 4 is 21.8 Å². The maximum Gasteiger partial charge on any atom is 0.0715 e. The van der Waals surface area contributed by atoms with E-state index in [9.17, 15) is 0 Å². The van der Waals surface area contributed by atoms with Crippen LogP contribution in [-0.2, 0) is 0 Å². The Morgan fingerprint density at radius 2 is 0.588 bits per heavy atom. The molecule has 0 saturated heterocycles. The highest BCUT2D eigenvalue weighted by molar-refractivity contribution is 6.16. The van der Waals surface area contributed by atoms with E-state index in [1.807, 2.05) is 24.5 Å². The number of benzene rings is 11. The molecule has 11 aromatic carbocycles. The summed E-state index contributed by atoms with van der Waals surface area (Å²) in [6.45, 7) is 0. The Labute approximate surface area is 495 Å². The summed E-state index contributed by atoms with van der Waals surface area (Å²) in [7, 11) is 0. The van der Waals surface area contributed by atoms with Crippen LogP contribution in [0.2, 0.25) is 0 Å². The minimum Gasteiger partial charge on any atom is -0.309 e. The SMILES string of the molecule is c1ccc(-c2ccc(-c3cc(-c4cccc5c4c4ccccc4n5-c4ccccc4)ncc3-c3ccccc3-c3cc(-c4ccccc4-c4ccc(-c5ccccc5)nc4)cc(-c4ccccc4-c4ccc(-c5ccccc5)nc4)c3)cc2)cc1. The van der Waals surface area contributed by atoms with Crippen LogP contribution in [-0.4, -0.2) is 19.5 Å². The van der Waals surface area contributed by atoms with Crippen molar-refractivity contribution in [2.24, 2.45) is 0 Å². The highest BCUT2D eigenvalue weighted by Crippen LogP contribution is 2.46. The van der Waals surface area contributed by atoms with E-state index in [-0.39, 0.29) is 0 Å². The molecule has 15 rings (SSSR count). The molecule has 0 N–H and O–H groups in total. The normalized spacial score (nSPS) is 11.3. The van der Waals surface area contributed by atoms with E-state index in [0.29, 0.717) is 0 Å². The average Bonchev–Trinajstić information content (AvgIpc) is 3.40. The van der Waals surface area contributed by atoms with E-state index in [2.05, 4.69) is 308 Å². The lowest BCUT2D eigenvalue weighted by Crippen LogP contribution is -1.95. The second-order valence-corrected chi connectivity index (χ2v) is 21.5. The number of hydrogen-bond donors (Lipinski definition) is 0. The molecule has 4 heteroatoms. The lowest BCUT2D eigenvalue weighted by molar-refractivity contribution is 1.18. The van der Waals surface area contributed by atoms with Gasteiger partial charge in [0.1, 0.15) is 0 Å². The van der Waals surface area contributed by atoms with Crippen molar-refractivity contribution in [1.82, 2.24) is 19.5 Å². The summed E-state index contributed by atoms with van der Waals surface area (Å²) in [6.07, 6.45) is 6.13. The molecule has 85 heavy (non-hydrogen) atoms. The fraction of sp³-hybridized carbons (Fsp3) is 0. The molecule has 0 amide bonds. The molecular weight excluding hydrogens is 1030 g/mol. The summed E-state index contributed by atoms with van der Waals surface area (Å²) in [5.41, 5.74) is 26.9. The van der Waals surface area contributed by atoms with Crippen LogP contribution in [0, 0.1) is 0 Å². The zero-order valence-corrected chi connectivity index (χ0v) is 46.5. The Bertz CT molecular complexity index is 4740. The van der Waals surface area contributed by atoms with Gasteiger partial charge in [0, 0.05) is 68.4 Å². The van der Waals surface area contributed by atoms with Crippen molar-refractivity contribution in [1.29, 1.82) is 0 Å². The van der Waals surface area contributed by atoms with Gasteiger partial charge in [-0.3, -0.25) is 15.0 Å². The molecule has 0 fully saturated rings. The minimum absolute atomic E-state index is 0.903. The first-order chi connectivity index (χ1) is 42.2. The van der Waals surface area contributed by atoms with Gasteiger partial charge >= 0.3 is 0 Å². The van der Waals surface area contributed by atoms with Crippen LogP contribution < -0.4 is 0 Å². The third-order valence-electron chi connectivity index (χ3n) is 16.4. The highest BCUT2D eigenvalue weighted by Gasteiger charge is 2.22. The fourth-order valence-corrected chi connectivity index (χ4v) is 12.3. The maximum absolute atomic E-state index is 5.50. The van der Waals surface area contributed by atoms with Gasteiger partial charge in [-0.05, 0) is 133 Å². The molecule has 0 radical (unpaired) electrons. The van der Waals surface area contributed by atoms with E-state index in [4.69, 9.17) is 15.0 Å². The number of aromatic nitrogens is 4. The average molecular weight is 1080 g/mol. The van der Waals surface area contributed by atoms with E-state index < -0.39 is 0 Å². The van der Waals surface area contributed by atoms with Crippen LogP contribution in [0.5, 0.6) is 0 Å². The van der Waals surface area contributed by atoms with Crippen molar-refractivity contribution < 1.29 is 0 Å². The monoisotopic (exact) mass is 1080 g/mol. The van der Waals surface area contributed by atoms with Gasteiger partial charge in [0.15, 0.2) is 0 Å². The summed E-state index contributed by atoms with van der Waals surface area (Å²) in [5, 5.41) is 2.35. The summed E-state index contributed by atoms with van der Waals surface area (Å²) >= 11 is 0. The molecule has 398 valence electrons. The topological polar surface area (TPSA) is 43.6 Å². The first-order valence-electron chi connectivity index (χ1n) is 28.9. The van der Waals surface area contributed by atoms with Crippen molar-refractivity contribution in [3.8, 4) is 128 Å². The smallest absolute Gasteiger partial charge is 0.0715 e. The second kappa shape index (κ2) is 22.2. The van der Waals surface area contributed by atoms with Crippen LogP contribution in [0.3, 0.4) is 0 Å². The standard InChI is InChI=1S/C81H54N4/c1-5-22-55(23-6-1)56-40-42-57(43-41-56)74-51-78(72-37-21-39-80-81(72)73-36-19-20-38-79(73)85(80)65-28-11-4-12-29-65)84-54-75(74)71-35-18-17-34-70(71)64-49-62(68-32-15-13-30-66(68)60-44-46-76(82-52-60)58-24-7-2-8-25-58)48-63(50-64)69-33-16-14-31-67(69)61-45-47-77(83-53-61)59-26-9-3-10-27-59/h1-54H. The molecule has 0 bridgehead atoms. The van der Waals surface area contributed by atoms with Crippen LogP contribution in [0.4, 0.5) is 0 Å². The molecular formula is C81H54N4. The summed E-state index contributed by atoms with van der Waals surface area (Å²) in [4.78, 5) is 15.5. The van der Waals surface area contributed by atoms with E-state index >= 15 is 0 Å². The van der Waals surface area contributed by atoms with E-state index in [0.717, 1.165) is 134 Å². The van der Waals surface area contributed by atoms with Crippen molar-refractivity contribution in [2.75, 3.05) is 0 Å². The van der Waals surface area contributed by atoms with Crippen LogP contribution in [0.25, 0.3) is 150 Å². The number of fused-ring (bicyclic) bond motifs is 3. The number of hydrogen-bond acceptors (Lipinski definition) is 3. The first-order valence-corrected chi connectivity index (χ1v) is 28.9. The van der Waals surface area contributed by atoms with Crippen LogP contribution >= 0.6 is 0 Å². The largest absolute Gasteiger partial charge is 0.309 e. The third-order valence-corrected chi connectivity index (χ3v) is 16.4. The van der Waals surface area contributed by atoms with E-state index in [1.165, 1.54) is 16.3 Å². The van der Waals surface area contributed by atoms with Gasteiger partial charge in [0.25, 0.3) is 0 Å². The minimum atomic E-state index is 0.903. The first kappa shape index (κ1) is 50.6. The van der Waals surface area contributed by atoms with Gasteiger partial charge < -0.3 is 4.57 Å². The zero-order valence-electron chi connectivity index (χ0n) is 46.5. The van der Waals surface area contributed by atoms with Gasteiger partial charge in [0.05, 0.1) is 28.1 Å². The quantitative estimate of drug-likeness (QED) is 0.122. The number of rotatable bonds is 12. The predicted molar refractivity (Wildman–Crippen MR) is 354 cm³/mol. The lowest BCUT2D eigenvalue weighted by Gasteiger charge is -2.19. The fourth-order valence-electron chi connectivity index (χ4n) is 12.3. The molecule has 0 aliphatic rings. The molecule has 15 aromatic rings. The van der Waals surface area contributed by atoms with Gasteiger partial charge in [-0.1, -0.05) is 249 Å². The van der Waals surface area contributed by atoms with Gasteiger partial charge in [-0.15, -0.1) is 0 Å². The zero-order chi connectivity index (χ0) is 56.5. The Hall–Kier alpha value is -11.3. The highest BCUT2D eigenvalue weighted by atomic mass is 15.0. The van der Waals surface area contributed by atoms with Crippen molar-refractivity contribution in [3.05, 3.63) is 328 Å². The third kappa shape index (κ3) is 9.68. The Morgan fingerprint density at radius 3 is 1.12 bits per heavy atom. The van der Waals surface area contributed by atoms with Crippen LogP contribution in [0.15, 0.2) is 328 Å². The lowest BCUT2D eigenvalue weighted by atomic mass is 9.85. The summed E-state index contributed by atoms with van der Waals surface area (Å²) < 4.78 is 2.37. The number of nitrogens with zero attached hydrogens (tertiary/aromatic N) is 4. The maximum atomic E-state index is 5.50. The van der Waals surface area contributed by atoms with Crippen molar-refractivity contribution in [2.45, 2.75) is 0 Å². The van der Waals surface area contributed by atoms with Crippen LogP contribution in [0.1, 0.15) is 0 Å². The molecule has 0 aliphatic heterocycles. The molecule has 0 saturated carbocycles. The van der Waals surface area contributed by atoms with Gasteiger partial charge in [-0.2, -0.15) is 0 Å². The molecule has 4 aromatic heterocycles. The van der Waals surface area contributed by atoms with E-state index in [1.54, 1.807) is 0 Å². The Balaban J connectivity index is 0.923. The molecule has 4 heterocycles. The molecule has 0 atom stereocenters. The predicted octanol–water partition coefficient (Wildman–Crippen LogP) is 21.3. The second-order valence-electron chi connectivity index (χ2n) is 21.5. The Kier molecular flexibility index (Phi) is 13.2. The molecule has 4 nitrogen and oxygen atoms in total. The molecule has 0 aliphatic carbocycles.